The van der Waals surface area contributed by atoms with Crippen LogP contribution in [0.5, 0.6) is 0 Å². The first-order valence-electron chi connectivity index (χ1n) is 5.32. The molecule has 0 unspecified atom stereocenters. The van der Waals surface area contributed by atoms with Crippen LogP contribution in [-0.2, 0) is 5.88 Å². The van der Waals surface area contributed by atoms with Gasteiger partial charge in [0.05, 0.1) is 17.3 Å². The Kier molecular flexibility index (Phi) is 3.01. The molecule has 0 amide bonds. The minimum Gasteiger partial charge on any atom is -0.237 e. The molecule has 1 aromatic carbocycles. The van der Waals surface area contributed by atoms with Crippen LogP contribution in [0.3, 0.4) is 0 Å². The van der Waals surface area contributed by atoms with E-state index >= 15 is 0 Å². The number of hydrogen-bond donors (Lipinski definition) is 0. The van der Waals surface area contributed by atoms with Gasteiger partial charge in [-0.05, 0) is 32.4 Å². The predicted molar refractivity (Wildman–Crippen MR) is 67.3 cm³/mol. The summed E-state index contributed by atoms with van der Waals surface area (Å²) >= 11 is 5.92. The second-order valence-corrected chi connectivity index (χ2v) is 4.25. The lowest BCUT2D eigenvalue weighted by atomic mass is 10.2. The first kappa shape index (κ1) is 11.2. The van der Waals surface area contributed by atoms with E-state index in [2.05, 4.69) is 31.1 Å². The van der Waals surface area contributed by atoms with Crippen LogP contribution in [0.2, 0.25) is 0 Å². The van der Waals surface area contributed by atoms with E-state index in [0.717, 1.165) is 22.6 Å². The minimum atomic E-state index is 0.517. The van der Waals surface area contributed by atoms with Gasteiger partial charge in [-0.25, -0.2) is 4.68 Å². The third kappa shape index (κ3) is 1.74. The monoisotopic (exact) mass is 234 g/mol. The summed E-state index contributed by atoms with van der Waals surface area (Å²) in [7, 11) is 0. The van der Waals surface area contributed by atoms with Crippen molar-refractivity contribution in [3.05, 3.63) is 46.8 Å². The van der Waals surface area contributed by atoms with Gasteiger partial charge in [-0.15, -0.1) is 11.6 Å². The lowest BCUT2D eigenvalue weighted by molar-refractivity contribution is 0.827. The van der Waals surface area contributed by atoms with Gasteiger partial charge >= 0.3 is 0 Å². The molecule has 84 valence electrons. The smallest absolute Gasteiger partial charge is 0.0678 e. The van der Waals surface area contributed by atoms with Crippen molar-refractivity contribution in [2.24, 2.45) is 0 Å². The van der Waals surface area contributed by atoms with E-state index in [1.807, 2.05) is 23.7 Å². The SMILES string of the molecule is Cc1ccccc1-n1nc(C)c(CCl)c1C. The average molecular weight is 235 g/mol. The Morgan fingerprint density at radius 3 is 2.44 bits per heavy atom. The van der Waals surface area contributed by atoms with Crippen LogP contribution in [-0.4, -0.2) is 9.78 Å². The van der Waals surface area contributed by atoms with Crippen molar-refractivity contribution >= 4 is 11.6 Å². The lowest BCUT2D eigenvalue weighted by Crippen LogP contribution is -2.01. The van der Waals surface area contributed by atoms with E-state index in [1.165, 1.54) is 5.56 Å². The molecule has 2 aromatic rings. The molecule has 2 rings (SSSR count). The fourth-order valence-corrected chi connectivity index (χ4v) is 2.29. The summed E-state index contributed by atoms with van der Waals surface area (Å²) in [5.41, 5.74) is 5.61. The highest BCUT2D eigenvalue weighted by Crippen LogP contribution is 2.21. The molecule has 1 heterocycles. The molecule has 0 aliphatic carbocycles. The van der Waals surface area contributed by atoms with Gasteiger partial charge in [0.1, 0.15) is 0 Å². The van der Waals surface area contributed by atoms with Crippen molar-refractivity contribution in [1.29, 1.82) is 0 Å². The normalized spacial score (nSPS) is 10.8. The molecule has 0 fully saturated rings. The highest BCUT2D eigenvalue weighted by molar-refractivity contribution is 6.17. The molecule has 0 spiro atoms. The number of aromatic nitrogens is 2. The Hall–Kier alpha value is -1.28. The number of para-hydroxylation sites is 1. The number of rotatable bonds is 2. The largest absolute Gasteiger partial charge is 0.237 e. The van der Waals surface area contributed by atoms with Gasteiger partial charge in [-0.3, -0.25) is 0 Å². The van der Waals surface area contributed by atoms with Crippen LogP contribution in [0.4, 0.5) is 0 Å². The molecular weight excluding hydrogens is 220 g/mol. The van der Waals surface area contributed by atoms with Gasteiger partial charge in [-0.1, -0.05) is 18.2 Å². The molecule has 1 aromatic heterocycles. The summed E-state index contributed by atoms with van der Waals surface area (Å²) in [6.07, 6.45) is 0. The fraction of sp³-hybridized carbons (Fsp3) is 0.308. The summed E-state index contributed by atoms with van der Waals surface area (Å²) < 4.78 is 1.97. The van der Waals surface area contributed by atoms with Crippen LogP contribution in [0.25, 0.3) is 5.69 Å². The van der Waals surface area contributed by atoms with Crippen molar-refractivity contribution in [1.82, 2.24) is 9.78 Å². The molecule has 0 bridgehead atoms. The number of hydrogen-bond acceptors (Lipinski definition) is 1. The number of benzene rings is 1. The number of halogens is 1. The van der Waals surface area contributed by atoms with Gasteiger partial charge < -0.3 is 0 Å². The van der Waals surface area contributed by atoms with Crippen molar-refractivity contribution in [2.75, 3.05) is 0 Å². The Labute approximate surface area is 101 Å². The van der Waals surface area contributed by atoms with E-state index in [-0.39, 0.29) is 0 Å². The number of nitrogens with zero attached hydrogens (tertiary/aromatic N) is 2. The number of aryl methyl sites for hydroxylation is 2. The highest BCUT2D eigenvalue weighted by Gasteiger charge is 2.12. The Balaban J connectivity index is 2.62. The summed E-state index contributed by atoms with van der Waals surface area (Å²) in [5, 5.41) is 4.54. The molecule has 0 N–H and O–H groups in total. The van der Waals surface area contributed by atoms with Crippen LogP contribution >= 0.6 is 11.6 Å². The Morgan fingerprint density at radius 2 is 1.88 bits per heavy atom. The molecule has 2 nitrogen and oxygen atoms in total. The second kappa shape index (κ2) is 4.30. The zero-order valence-electron chi connectivity index (χ0n) is 9.79. The van der Waals surface area contributed by atoms with Crippen molar-refractivity contribution in [3.63, 3.8) is 0 Å². The van der Waals surface area contributed by atoms with Gasteiger partial charge in [-0.2, -0.15) is 5.10 Å². The Morgan fingerprint density at radius 1 is 1.19 bits per heavy atom. The minimum absolute atomic E-state index is 0.517. The fourth-order valence-electron chi connectivity index (χ4n) is 1.90. The topological polar surface area (TPSA) is 17.8 Å². The summed E-state index contributed by atoms with van der Waals surface area (Å²) in [6, 6.07) is 8.23. The third-order valence-electron chi connectivity index (χ3n) is 2.92. The van der Waals surface area contributed by atoms with Crippen molar-refractivity contribution < 1.29 is 0 Å². The van der Waals surface area contributed by atoms with Gasteiger partial charge in [0, 0.05) is 11.3 Å². The molecule has 16 heavy (non-hydrogen) atoms. The predicted octanol–water partition coefficient (Wildman–Crippen LogP) is 3.54. The van der Waals surface area contributed by atoms with Gasteiger partial charge in [0.15, 0.2) is 0 Å². The average Bonchev–Trinajstić information content (AvgIpc) is 2.55. The zero-order valence-corrected chi connectivity index (χ0v) is 10.5. The molecule has 3 heteroatoms. The molecule has 0 saturated heterocycles. The first-order chi connectivity index (χ1) is 7.65. The maximum absolute atomic E-state index is 5.92. The maximum Gasteiger partial charge on any atom is 0.0678 e. The van der Waals surface area contributed by atoms with Crippen LogP contribution in [0.15, 0.2) is 24.3 Å². The summed E-state index contributed by atoms with van der Waals surface area (Å²) in [6.45, 7) is 6.15. The van der Waals surface area contributed by atoms with Crippen LogP contribution in [0.1, 0.15) is 22.5 Å². The molecule has 0 aliphatic heterocycles. The van der Waals surface area contributed by atoms with E-state index in [9.17, 15) is 0 Å². The standard InChI is InChI=1S/C13H15ClN2/c1-9-6-4-5-7-13(9)16-11(3)12(8-14)10(2)15-16/h4-7H,8H2,1-3H3. The van der Waals surface area contributed by atoms with Crippen LogP contribution in [0, 0.1) is 20.8 Å². The van der Waals surface area contributed by atoms with E-state index in [1.54, 1.807) is 0 Å². The molecular formula is C13H15ClN2. The van der Waals surface area contributed by atoms with Crippen molar-refractivity contribution in [3.8, 4) is 5.69 Å². The number of alkyl halides is 1. The quantitative estimate of drug-likeness (QED) is 0.727. The van der Waals surface area contributed by atoms with Gasteiger partial charge in [0.25, 0.3) is 0 Å². The molecule has 0 radical (unpaired) electrons. The molecule has 0 aliphatic rings. The van der Waals surface area contributed by atoms with Gasteiger partial charge in [0.2, 0.25) is 0 Å². The maximum atomic E-state index is 5.92. The summed E-state index contributed by atoms with van der Waals surface area (Å²) in [5.74, 6) is 0.517. The molecule has 0 saturated carbocycles. The zero-order chi connectivity index (χ0) is 11.7. The van der Waals surface area contributed by atoms with E-state index < -0.39 is 0 Å². The second-order valence-electron chi connectivity index (χ2n) is 3.98. The van der Waals surface area contributed by atoms with Crippen LogP contribution < -0.4 is 0 Å². The van der Waals surface area contributed by atoms with Crippen molar-refractivity contribution in [2.45, 2.75) is 26.7 Å². The summed E-state index contributed by atoms with van der Waals surface area (Å²) in [4.78, 5) is 0. The van der Waals surface area contributed by atoms with E-state index in [4.69, 9.17) is 11.6 Å². The highest BCUT2D eigenvalue weighted by atomic mass is 35.5. The lowest BCUT2D eigenvalue weighted by Gasteiger charge is -2.07. The Bertz CT molecular complexity index is 515. The molecule has 0 atom stereocenters. The van der Waals surface area contributed by atoms with E-state index in [0.29, 0.717) is 5.88 Å². The third-order valence-corrected chi connectivity index (χ3v) is 3.19. The first-order valence-corrected chi connectivity index (χ1v) is 5.85.